The molecule has 2 unspecified atom stereocenters. The number of benzene rings is 3. The molecule has 3 aromatic carbocycles. The van der Waals surface area contributed by atoms with Crippen molar-refractivity contribution in [3.63, 3.8) is 0 Å². The largest absolute Gasteiger partial charge is 0.497 e. The molecular formula is C30H32Cl2N4O4. The number of amides is 4. The molecule has 40 heavy (non-hydrogen) atoms. The number of rotatable bonds is 6. The van der Waals surface area contributed by atoms with Crippen molar-refractivity contribution in [1.29, 1.82) is 0 Å². The molecule has 0 radical (unpaired) electrons. The molecule has 0 saturated carbocycles. The third-order valence-electron chi connectivity index (χ3n) is 6.43. The Bertz CT molecular complexity index is 1420. The van der Waals surface area contributed by atoms with E-state index in [1.54, 1.807) is 42.5 Å². The van der Waals surface area contributed by atoms with E-state index in [4.69, 9.17) is 27.9 Å². The van der Waals surface area contributed by atoms with Gasteiger partial charge in [0.15, 0.2) is 0 Å². The monoisotopic (exact) mass is 582 g/mol. The number of hydrogen-bond donors (Lipinski definition) is 3. The third-order valence-corrected chi connectivity index (χ3v) is 7.17. The van der Waals surface area contributed by atoms with Gasteiger partial charge in [-0.15, -0.1) is 0 Å². The Kier molecular flexibility index (Phi) is 8.91. The molecule has 0 bridgehead atoms. The predicted octanol–water partition coefficient (Wildman–Crippen LogP) is 5.98. The molecule has 2 atom stereocenters. The smallest absolute Gasteiger partial charge is 0.319 e. The van der Waals surface area contributed by atoms with Crippen LogP contribution in [0.25, 0.3) is 0 Å². The second-order valence-electron chi connectivity index (χ2n) is 10.6. The Hall–Kier alpha value is -3.75. The average molecular weight is 584 g/mol. The fraction of sp³-hybridized carbons (Fsp3) is 0.300. The van der Waals surface area contributed by atoms with E-state index in [-0.39, 0.29) is 24.8 Å². The number of fused-ring (bicyclic) bond motifs is 1. The van der Waals surface area contributed by atoms with Gasteiger partial charge in [-0.05, 0) is 68.7 Å². The number of hydrogen-bond acceptors (Lipinski definition) is 4. The maximum absolute atomic E-state index is 14.0. The summed E-state index contributed by atoms with van der Waals surface area (Å²) in [7, 11) is 1.54. The summed E-state index contributed by atoms with van der Waals surface area (Å²) >= 11 is 12.6. The number of anilines is 2. The Balaban J connectivity index is 1.71. The van der Waals surface area contributed by atoms with Gasteiger partial charge in [-0.25, -0.2) is 4.79 Å². The van der Waals surface area contributed by atoms with Crippen LogP contribution < -0.4 is 25.6 Å². The summed E-state index contributed by atoms with van der Waals surface area (Å²) in [6, 6.07) is 18.1. The Morgan fingerprint density at radius 1 is 1.00 bits per heavy atom. The van der Waals surface area contributed by atoms with Gasteiger partial charge >= 0.3 is 6.03 Å². The first kappa shape index (κ1) is 29.2. The molecule has 4 rings (SSSR count). The molecule has 0 aliphatic carbocycles. The molecule has 0 saturated heterocycles. The summed E-state index contributed by atoms with van der Waals surface area (Å²) in [5.41, 5.74) is 2.27. The number of para-hydroxylation sites is 1. The van der Waals surface area contributed by atoms with E-state index in [1.807, 2.05) is 45.0 Å². The van der Waals surface area contributed by atoms with Crippen LogP contribution in [0.3, 0.4) is 0 Å². The van der Waals surface area contributed by atoms with Crippen molar-refractivity contribution in [2.24, 2.45) is 0 Å². The zero-order valence-corrected chi connectivity index (χ0v) is 24.3. The topological polar surface area (TPSA) is 99.8 Å². The van der Waals surface area contributed by atoms with Crippen molar-refractivity contribution in [3.8, 4) is 5.75 Å². The number of ether oxygens (including phenoxy) is 1. The van der Waals surface area contributed by atoms with Gasteiger partial charge in [-0.2, -0.15) is 0 Å². The lowest BCUT2D eigenvalue weighted by Crippen LogP contribution is -2.53. The zero-order valence-electron chi connectivity index (χ0n) is 22.8. The third kappa shape index (κ3) is 7.06. The minimum absolute atomic E-state index is 0.211. The molecule has 3 aromatic rings. The molecule has 1 heterocycles. The minimum Gasteiger partial charge on any atom is -0.497 e. The van der Waals surface area contributed by atoms with Gasteiger partial charge in [-0.1, -0.05) is 53.5 Å². The lowest BCUT2D eigenvalue weighted by atomic mass is 9.86. The second kappa shape index (κ2) is 12.2. The Morgan fingerprint density at radius 2 is 1.75 bits per heavy atom. The fourth-order valence-electron chi connectivity index (χ4n) is 4.75. The van der Waals surface area contributed by atoms with Crippen molar-refractivity contribution in [2.75, 3.05) is 23.9 Å². The minimum atomic E-state index is -0.958. The van der Waals surface area contributed by atoms with Gasteiger partial charge < -0.3 is 25.6 Å². The molecule has 210 valence electrons. The van der Waals surface area contributed by atoms with Crippen LogP contribution in [0.4, 0.5) is 16.2 Å². The van der Waals surface area contributed by atoms with Crippen LogP contribution in [-0.4, -0.2) is 43.1 Å². The van der Waals surface area contributed by atoms with Crippen LogP contribution in [0.1, 0.15) is 44.2 Å². The Morgan fingerprint density at radius 3 is 2.45 bits per heavy atom. The lowest BCUT2D eigenvalue weighted by molar-refractivity contribution is -0.125. The molecule has 8 nitrogen and oxygen atoms in total. The molecule has 0 spiro atoms. The summed E-state index contributed by atoms with van der Waals surface area (Å²) in [6.07, 6.45) is 0.233. The molecular weight excluding hydrogens is 551 g/mol. The zero-order chi connectivity index (χ0) is 29.0. The number of nitrogens with zero attached hydrogens (tertiary/aromatic N) is 1. The van der Waals surface area contributed by atoms with Crippen LogP contribution in [0.15, 0.2) is 66.7 Å². The second-order valence-corrected chi connectivity index (χ2v) is 11.4. The molecule has 0 fully saturated rings. The van der Waals surface area contributed by atoms with Crippen molar-refractivity contribution in [2.45, 2.75) is 44.7 Å². The molecule has 1 aliphatic rings. The predicted molar refractivity (Wildman–Crippen MR) is 159 cm³/mol. The molecule has 1 aliphatic heterocycles. The van der Waals surface area contributed by atoms with E-state index in [0.29, 0.717) is 27.2 Å². The van der Waals surface area contributed by atoms with Crippen LogP contribution in [0.5, 0.6) is 5.75 Å². The van der Waals surface area contributed by atoms with Crippen molar-refractivity contribution in [1.82, 2.24) is 10.6 Å². The highest BCUT2D eigenvalue weighted by atomic mass is 35.5. The van der Waals surface area contributed by atoms with E-state index in [2.05, 4.69) is 16.0 Å². The van der Waals surface area contributed by atoms with Gasteiger partial charge in [-0.3, -0.25) is 9.59 Å². The molecule has 0 aromatic heterocycles. The first-order chi connectivity index (χ1) is 18.9. The highest BCUT2D eigenvalue weighted by Crippen LogP contribution is 2.40. The van der Waals surface area contributed by atoms with Gasteiger partial charge in [0.2, 0.25) is 11.8 Å². The van der Waals surface area contributed by atoms with Gasteiger partial charge in [0.25, 0.3) is 0 Å². The summed E-state index contributed by atoms with van der Waals surface area (Å²) in [5, 5.41) is 9.31. The summed E-state index contributed by atoms with van der Waals surface area (Å²) < 4.78 is 5.23. The molecule has 10 heteroatoms. The first-order valence-electron chi connectivity index (χ1n) is 12.8. The van der Waals surface area contributed by atoms with Crippen molar-refractivity contribution < 1.29 is 19.1 Å². The summed E-state index contributed by atoms with van der Waals surface area (Å²) in [4.78, 5) is 41.6. The van der Waals surface area contributed by atoms with Crippen LogP contribution in [0.2, 0.25) is 10.0 Å². The number of nitrogens with one attached hydrogen (secondary N) is 3. The standard InChI is InChI=1S/C30H32Cl2N4O4/c1-30(2,3)35-27(37)17-36-26-11-6-5-10-21(26)22(18-12-13-23(31)24(32)14-18)16-25(28(36)38)34-29(39)33-19-8-7-9-20(15-19)40-4/h5-15,22,25H,16-17H2,1-4H3,(H,35,37)(H2,33,34,39). The van der Waals surface area contributed by atoms with Crippen LogP contribution in [0, 0.1) is 0 Å². The van der Waals surface area contributed by atoms with E-state index >= 15 is 0 Å². The number of methoxy groups -OCH3 is 1. The van der Waals surface area contributed by atoms with Crippen molar-refractivity contribution in [3.05, 3.63) is 87.9 Å². The highest BCUT2D eigenvalue weighted by molar-refractivity contribution is 6.42. The summed E-state index contributed by atoms with van der Waals surface area (Å²) in [5.74, 6) is -0.467. The van der Waals surface area contributed by atoms with E-state index in [9.17, 15) is 14.4 Å². The fourth-order valence-corrected chi connectivity index (χ4v) is 5.06. The number of carbonyl (C=O) groups is 3. The summed E-state index contributed by atoms with van der Waals surface area (Å²) in [6.45, 7) is 5.40. The number of halogens is 2. The maximum Gasteiger partial charge on any atom is 0.319 e. The maximum atomic E-state index is 14.0. The number of urea groups is 1. The highest BCUT2D eigenvalue weighted by Gasteiger charge is 2.37. The van der Waals surface area contributed by atoms with Crippen molar-refractivity contribution >= 4 is 52.4 Å². The van der Waals surface area contributed by atoms with E-state index in [0.717, 1.165) is 11.1 Å². The van der Waals surface area contributed by atoms with Gasteiger partial charge in [0.05, 0.1) is 17.2 Å². The molecule has 3 N–H and O–H groups in total. The van der Waals surface area contributed by atoms with E-state index in [1.165, 1.54) is 12.0 Å². The van der Waals surface area contributed by atoms with Gasteiger partial charge in [0.1, 0.15) is 18.3 Å². The Labute approximate surface area is 244 Å². The van der Waals surface area contributed by atoms with Gasteiger partial charge in [0, 0.05) is 28.9 Å². The first-order valence-corrected chi connectivity index (χ1v) is 13.6. The lowest BCUT2D eigenvalue weighted by Gasteiger charge is -2.28. The number of carbonyl (C=O) groups excluding carboxylic acids is 3. The normalized spacial score (nSPS) is 16.9. The van der Waals surface area contributed by atoms with Crippen LogP contribution in [-0.2, 0) is 9.59 Å². The SMILES string of the molecule is COc1cccc(NC(=O)NC2CC(c3ccc(Cl)c(Cl)c3)c3ccccc3N(CC(=O)NC(C)(C)C)C2=O)c1. The average Bonchev–Trinajstić information content (AvgIpc) is 3.00. The molecule has 4 amide bonds. The van der Waals surface area contributed by atoms with E-state index < -0.39 is 23.5 Å². The van der Waals surface area contributed by atoms with Crippen LogP contribution >= 0.6 is 23.2 Å². The quantitative estimate of drug-likeness (QED) is 0.333.